The summed E-state index contributed by atoms with van der Waals surface area (Å²) in [6.45, 7) is 2.08. The van der Waals surface area contributed by atoms with Crippen LogP contribution in [0.2, 0.25) is 0 Å². The zero-order valence-electron chi connectivity index (χ0n) is 18.1. The van der Waals surface area contributed by atoms with E-state index in [0.29, 0.717) is 17.6 Å². The van der Waals surface area contributed by atoms with Crippen molar-refractivity contribution in [3.8, 4) is 0 Å². The first kappa shape index (κ1) is 21.0. The Hall–Kier alpha value is -3.22. The van der Waals surface area contributed by atoms with Gasteiger partial charge in [0.1, 0.15) is 18.1 Å². The van der Waals surface area contributed by atoms with Crippen molar-refractivity contribution in [3.63, 3.8) is 0 Å². The number of carbonyl (C=O) groups excluding carboxylic acids is 2. The number of benzene rings is 1. The molecule has 1 aliphatic rings. The molecule has 31 heavy (non-hydrogen) atoms. The van der Waals surface area contributed by atoms with E-state index in [0.717, 1.165) is 23.9 Å². The van der Waals surface area contributed by atoms with Gasteiger partial charge in [-0.1, -0.05) is 37.5 Å². The first-order chi connectivity index (χ1) is 15.0. The van der Waals surface area contributed by atoms with E-state index >= 15 is 0 Å². The van der Waals surface area contributed by atoms with Crippen LogP contribution in [-0.2, 0) is 11.3 Å². The second kappa shape index (κ2) is 9.29. The predicted octanol–water partition coefficient (Wildman–Crippen LogP) is 3.71. The maximum atomic E-state index is 13.2. The van der Waals surface area contributed by atoms with Gasteiger partial charge in [0, 0.05) is 19.3 Å². The van der Waals surface area contributed by atoms with Gasteiger partial charge in [0.05, 0.1) is 17.1 Å². The van der Waals surface area contributed by atoms with Crippen LogP contribution in [0.15, 0.2) is 48.7 Å². The molecule has 1 aromatic carbocycles. The molecule has 0 saturated heterocycles. The third-order valence-electron chi connectivity index (χ3n) is 6.13. The Morgan fingerprint density at radius 2 is 1.87 bits per heavy atom. The SMILES string of the molecule is CC(NC(=O)c1ccccn1)c1nc2ccccc2n1CC(=O)N(C)C1CCCCC1. The monoisotopic (exact) mass is 419 g/mol. The number of aromatic nitrogens is 3. The Balaban J connectivity index is 1.58. The van der Waals surface area contributed by atoms with E-state index in [2.05, 4.69) is 10.3 Å². The summed E-state index contributed by atoms with van der Waals surface area (Å²) in [5, 5.41) is 2.97. The molecular weight excluding hydrogens is 390 g/mol. The second-order valence-electron chi connectivity index (χ2n) is 8.25. The van der Waals surface area contributed by atoms with Gasteiger partial charge in [-0.15, -0.1) is 0 Å². The average Bonchev–Trinajstić information content (AvgIpc) is 3.18. The van der Waals surface area contributed by atoms with Crippen LogP contribution in [0, 0.1) is 0 Å². The summed E-state index contributed by atoms with van der Waals surface area (Å²) < 4.78 is 1.93. The van der Waals surface area contributed by atoms with E-state index in [1.165, 1.54) is 19.3 Å². The smallest absolute Gasteiger partial charge is 0.270 e. The standard InChI is InChI=1S/C24H29N5O2/c1-17(26-24(31)20-13-8-9-15-25-20)23-27-19-12-6-7-14-21(19)29(23)16-22(30)28(2)18-10-4-3-5-11-18/h6-9,12-15,17-18H,3-5,10-11,16H2,1-2H3,(H,26,31). The van der Waals surface area contributed by atoms with Crippen LogP contribution >= 0.6 is 0 Å². The summed E-state index contributed by atoms with van der Waals surface area (Å²) in [4.78, 5) is 36.5. The number of hydrogen-bond acceptors (Lipinski definition) is 4. The predicted molar refractivity (Wildman–Crippen MR) is 119 cm³/mol. The molecule has 1 N–H and O–H groups in total. The Bertz CT molecular complexity index is 1060. The number of fused-ring (bicyclic) bond motifs is 1. The number of rotatable bonds is 6. The lowest BCUT2D eigenvalue weighted by Crippen LogP contribution is -2.40. The molecule has 1 fully saturated rings. The molecule has 0 bridgehead atoms. The third kappa shape index (κ3) is 4.60. The van der Waals surface area contributed by atoms with Gasteiger partial charge in [0.25, 0.3) is 5.91 Å². The van der Waals surface area contributed by atoms with Gasteiger partial charge in [0.2, 0.25) is 5.91 Å². The molecule has 162 valence electrons. The van der Waals surface area contributed by atoms with Crippen LogP contribution in [0.25, 0.3) is 11.0 Å². The van der Waals surface area contributed by atoms with E-state index in [1.54, 1.807) is 24.4 Å². The lowest BCUT2D eigenvalue weighted by Gasteiger charge is -2.31. The Morgan fingerprint density at radius 3 is 2.61 bits per heavy atom. The molecular formula is C24H29N5O2. The van der Waals surface area contributed by atoms with Crippen LogP contribution in [0.4, 0.5) is 0 Å². The molecule has 1 atom stereocenters. The van der Waals surface area contributed by atoms with Crippen molar-refractivity contribution in [1.82, 2.24) is 24.8 Å². The average molecular weight is 420 g/mol. The van der Waals surface area contributed by atoms with Crippen LogP contribution in [0.5, 0.6) is 0 Å². The first-order valence-corrected chi connectivity index (χ1v) is 11.0. The van der Waals surface area contributed by atoms with Crippen molar-refractivity contribution in [3.05, 3.63) is 60.2 Å². The van der Waals surface area contributed by atoms with Crippen molar-refractivity contribution in [2.75, 3.05) is 7.05 Å². The molecule has 1 unspecified atom stereocenters. The maximum Gasteiger partial charge on any atom is 0.270 e. The van der Waals surface area contributed by atoms with Gasteiger partial charge in [-0.25, -0.2) is 4.98 Å². The largest absolute Gasteiger partial charge is 0.341 e. The molecule has 3 aromatic rings. The first-order valence-electron chi connectivity index (χ1n) is 11.0. The van der Waals surface area contributed by atoms with Crippen LogP contribution in [0.1, 0.15) is 61.4 Å². The van der Waals surface area contributed by atoms with Crippen molar-refractivity contribution in [2.45, 2.75) is 57.7 Å². The third-order valence-corrected chi connectivity index (χ3v) is 6.13. The second-order valence-corrected chi connectivity index (χ2v) is 8.25. The molecule has 0 spiro atoms. The number of carbonyl (C=O) groups is 2. The van der Waals surface area contributed by atoms with Gasteiger partial charge >= 0.3 is 0 Å². The molecule has 2 amide bonds. The highest BCUT2D eigenvalue weighted by Gasteiger charge is 2.25. The van der Waals surface area contributed by atoms with E-state index in [-0.39, 0.29) is 24.4 Å². The molecule has 7 heteroatoms. The highest BCUT2D eigenvalue weighted by molar-refractivity contribution is 5.92. The van der Waals surface area contributed by atoms with Crippen molar-refractivity contribution >= 4 is 22.8 Å². The van der Waals surface area contributed by atoms with Gasteiger partial charge < -0.3 is 14.8 Å². The molecule has 4 rings (SSSR count). The van der Waals surface area contributed by atoms with Gasteiger partial charge in [0.15, 0.2) is 0 Å². The van der Waals surface area contributed by atoms with E-state index in [1.807, 2.05) is 47.7 Å². The normalized spacial score (nSPS) is 15.5. The number of hydrogen-bond donors (Lipinski definition) is 1. The Labute approximate surface area is 182 Å². The van der Waals surface area contributed by atoms with E-state index in [9.17, 15) is 9.59 Å². The number of nitrogens with zero attached hydrogens (tertiary/aromatic N) is 4. The van der Waals surface area contributed by atoms with E-state index < -0.39 is 0 Å². The minimum atomic E-state index is -0.380. The summed E-state index contributed by atoms with van der Waals surface area (Å²) in [5.41, 5.74) is 2.05. The van der Waals surface area contributed by atoms with Gasteiger partial charge in [-0.3, -0.25) is 14.6 Å². The lowest BCUT2D eigenvalue weighted by atomic mass is 9.94. The highest BCUT2D eigenvalue weighted by Crippen LogP contribution is 2.24. The molecule has 2 aromatic heterocycles. The molecule has 2 heterocycles. The molecule has 7 nitrogen and oxygen atoms in total. The quantitative estimate of drug-likeness (QED) is 0.660. The number of amides is 2. The summed E-state index contributed by atoms with van der Waals surface area (Å²) in [5.74, 6) is 0.466. The van der Waals surface area contributed by atoms with Crippen molar-refractivity contribution in [1.29, 1.82) is 0 Å². The summed E-state index contributed by atoms with van der Waals surface area (Å²) in [6, 6.07) is 12.9. The molecule has 0 aliphatic heterocycles. The summed E-state index contributed by atoms with van der Waals surface area (Å²) >= 11 is 0. The minimum Gasteiger partial charge on any atom is -0.341 e. The van der Waals surface area contributed by atoms with Gasteiger partial charge in [-0.2, -0.15) is 0 Å². The Morgan fingerprint density at radius 1 is 1.13 bits per heavy atom. The van der Waals surface area contributed by atoms with Gasteiger partial charge in [-0.05, 0) is 44.0 Å². The fourth-order valence-corrected chi connectivity index (χ4v) is 4.34. The molecule has 1 aliphatic carbocycles. The zero-order chi connectivity index (χ0) is 21.8. The van der Waals surface area contributed by atoms with Crippen LogP contribution in [0.3, 0.4) is 0 Å². The molecule has 0 radical (unpaired) electrons. The molecule has 1 saturated carbocycles. The zero-order valence-corrected chi connectivity index (χ0v) is 18.1. The number of likely N-dealkylation sites (N-methyl/N-ethyl adjacent to an activating group) is 1. The van der Waals surface area contributed by atoms with Crippen LogP contribution < -0.4 is 5.32 Å². The van der Waals surface area contributed by atoms with Crippen molar-refractivity contribution in [2.24, 2.45) is 0 Å². The van der Waals surface area contributed by atoms with Crippen LogP contribution in [-0.4, -0.2) is 44.3 Å². The van der Waals surface area contributed by atoms with E-state index in [4.69, 9.17) is 4.98 Å². The fraction of sp³-hybridized carbons (Fsp3) is 0.417. The summed E-state index contributed by atoms with van der Waals surface area (Å²) in [6.07, 6.45) is 7.33. The topological polar surface area (TPSA) is 80.1 Å². The maximum absolute atomic E-state index is 13.2. The Kier molecular flexibility index (Phi) is 6.30. The minimum absolute atomic E-state index is 0.0690. The highest BCUT2D eigenvalue weighted by atomic mass is 16.2. The van der Waals surface area contributed by atoms with Crippen molar-refractivity contribution < 1.29 is 9.59 Å². The lowest BCUT2D eigenvalue weighted by molar-refractivity contribution is -0.133. The summed E-state index contributed by atoms with van der Waals surface area (Å²) in [7, 11) is 1.91. The number of pyridine rings is 1. The fourth-order valence-electron chi connectivity index (χ4n) is 4.34. The number of para-hydroxylation sites is 2. The number of nitrogens with one attached hydrogen (secondary N) is 1. The number of imidazole rings is 1.